The highest BCUT2D eigenvalue weighted by molar-refractivity contribution is 9.10. The van der Waals surface area contributed by atoms with Crippen LogP contribution in [0.5, 0.6) is 11.5 Å². The van der Waals surface area contributed by atoms with Gasteiger partial charge in [0.15, 0.2) is 11.6 Å². The van der Waals surface area contributed by atoms with Crippen LogP contribution in [-0.2, 0) is 0 Å². The summed E-state index contributed by atoms with van der Waals surface area (Å²) in [5, 5.41) is 30.4. The molecule has 3 N–H and O–H groups in total. The second kappa shape index (κ2) is 4.43. The number of Topliss-reactive ketones (excluding diaryl/α,β-unsaturated/α-hetero) is 2. The van der Waals surface area contributed by atoms with E-state index in [-0.39, 0.29) is 46.6 Å². The monoisotopic (exact) mass is 366 g/mol. The molecule has 2 atom stereocenters. The molecule has 0 saturated heterocycles. The number of alkyl halides is 1. The lowest BCUT2D eigenvalue weighted by atomic mass is 9.68. The summed E-state index contributed by atoms with van der Waals surface area (Å²) in [7, 11) is 0. The SMILES string of the molecule is CC1(O)CC2=C(CC1(C)Br)C(=O)c1c(O)ccc(O)c1C2=O. The highest BCUT2D eigenvalue weighted by atomic mass is 79.9. The first-order valence-electron chi connectivity index (χ1n) is 6.84. The molecular formula is C16H15BrO5. The highest BCUT2D eigenvalue weighted by Gasteiger charge is 2.51. The van der Waals surface area contributed by atoms with Gasteiger partial charge in [-0.2, -0.15) is 0 Å². The molecule has 0 spiro atoms. The fourth-order valence-corrected chi connectivity index (χ4v) is 3.46. The molecule has 0 aromatic heterocycles. The molecule has 2 aliphatic carbocycles. The van der Waals surface area contributed by atoms with Gasteiger partial charge in [-0.05, 0) is 32.4 Å². The molecular weight excluding hydrogens is 352 g/mol. The van der Waals surface area contributed by atoms with Gasteiger partial charge in [-0.3, -0.25) is 9.59 Å². The third-order valence-electron chi connectivity index (χ3n) is 4.68. The molecule has 2 unspecified atom stereocenters. The van der Waals surface area contributed by atoms with Crippen molar-refractivity contribution < 1.29 is 24.9 Å². The third-order valence-corrected chi connectivity index (χ3v) is 5.82. The Labute approximate surface area is 135 Å². The number of aromatic hydroxyl groups is 2. The lowest BCUT2D eigenvalue weighted by molar-refractivity contribution is 0.0194. The van der Waals surface area contributed by atoms with Crippen LogP contribution in [0.1, 0.15) is 47.4 Å². The molecule has 5 nitrogen and oxygen atoms in total. The zero-order valence-corrected chi connectivity index (χ0v) is 13.7. The van der Waals surface area contributed by atoms with Crippen LogP contribution in [0.15, 0.2) is 23.3 Å². The Hall–Kier alpha value is -1.66. The first-order chi connectivity index (χ1) is 10.1. The number of rotatable bonds is 0. The largest absolute Gasteiger partial charge is 0.507 e. The smallest absolute Gasteiger partial charge is 0.194 e. The van der Waals surface area contributed by atoms with E-state index < -0.39 is 21.5 Å². The summed E-state index contributed by atoms with van der Waals surface area (Å²) < 4.78 is -0.765. The number of carbonyl (C=O) groups is 2. The summed E-state index contributed by atoms with van der Waals surface area (Å²) in [5.41, 5.74) is -1.07. The summed E-state index contributed by atoms with van der Waals surface area (Å²) in [6, 6.07) is 2.37. The van der Waals surface area contributed by atoms with E-state index in [4.69, 9.17) is 0 Å². The predicted octanol–water partition coefficient (Wildman–Crippen LogP) is 2.47. The number of carbonyl (C=O) groups excluding carboxylic acids is 2. The van der Waals surface area contributed by atoms with Crippen molar-refractivity contribution in [3.63, 3.8) is 0 Å². The Bertz CT molecular complexity index is 695. The van der Waals surface area contributed by atoms with Crippen LogP contribution < -0.4 is 0 Å². The molecule has 1 aromatic carbocycles. The molecule has 0 amide bonds. The molecule has 22 heavy (non-hydrogen) atoms. The molecule has 2 aliphatic rings. The van der Waals surface area contributed by atoms with Crippen LogP contribution in [-0.4, -0.2) is 36.8 Å². The fraction of sp³-hybridized carbons (Fsp3) is 0.375. The van der Waals surface area contributed by atoms with Gasteiger partial charge in [-0.25, -0.2) is 0 Å². The van der Waals surface area contributed by atoms with Gasteiger partial charge in [-0.1, -0.05) is 15.9 Å². The number of ketones is 2. The maximum absolute atomic E-state index is 12.7. The van der Waals surface area contributed by atoms with Gasteiger partial charge in [0.2, 0.25) is 0 Å². The molecule has 6 heteroatoms. The number of aliphatic hydroxyl groups is 1. The van der Waals surface area contributed by atoms with Crippen LogP contribution in [0, 0.1) is 0 Å². The molecule has 0 fully saturated rings. The minimum absolute atomic E-state index is 0.00317. The van der Waals surface area contributed by atoms with Gasteiger partial charge in [0.25, 0.3) is 0 Å². The van der Waals surface area contributed by atoms with Crippen molar-refractivity contribution in [1.82, 2.24) is 0 Å². The molecule has 1 aromatic rings. The third kappa shape index (κ3) is 1.87. The number of hydrogen-bond donors (Lipinski definition) is 3. The summed E-state index contributed by atoms with van der Waals surface area (Å²) in [6.45, 7) is 3.35. The Morgan fingerprint density at radius 3 is 1.82 bits per heavy atom. The van der Waals surface area contributed by atoms with E-state index >= 15 is 0 Å². The van der Waals surface area contributed by atoms with E-state index in [0.29, 0.717) is 0 Å². The molecule has 0 aliphatic heterocycles. The highest BCUT2D eigenvalue weighted by Crippen LogP contribution is 2.50. The van der Waals surface area contributed by atoms with Crippen LogP contribution in [0.25, 0.3) is 0 Å². The first-order valence-corrected chi connectivity index (χ1v) is 7.64. The summed E-state index contributed by atoms with van der Waals surface area (Å²) in [5.74, 6) is -1.66. The minimum atomic E-state index is -1.22. The van der Waals surface area contributed by atoms with Crippen LogP contribution in [0.4, 0.5) is 0 Å². The van der Waals surface area contributed by atoms with Crippen molar-refractivity contribution in [3.05, 3.63) is 34.4 Å². The number of allylic oxidation sites excluding steroid dienone is 1. The maximum atomic E-state index is 12.7. The molecule has 3 rings (SSSR count). The van der Waals surface area contributed by atoms with E-state index in [9.17, 15) is 24.9 Å². The van der Waals surface area contributed by atoms with Crippen LogP contribution in [0.3, 0.4) is 0 Å². The van der Waals surface area contributed by atoms with Gasteiger partial charge in [0.05, 0.1) is 21.1 Å². The predicted molar refractivity (Wildman–Crippen MR) is 82.6 cm³/mol. The normalized spacial score (nSPS) is 31.1. The Kier molecular flexibility index (Phi) is 3.07. The van der Waals surface area contributed by atoms with E-state index in [0.717, 1.165) is 0 Å². The zero-order chi connectivity index (χ0) is 16.4. The van der Waals surface area contributed by atoms with Crippen molar-refractivity contribution in [3.8, 4) is 11.5 Å². The Balaban J connectivity index is 2.25. The van der Waals surface area contributed by atoms with Gasteiger partial charge in [0, 0.05) is 17.6 Å². The van der Waals surface area contributed by atoms with E-state index in [1.54, 1.807) is 13.8 Å². The number of phenolic OH excluding ortho intramolecular Hbond substituents is 2. The molecule has 0 radical (unpaired) electrons. The topological polar surface area (TPSA) is 94.8 Å². The molecule has 116 valence electrons. The molecule has 0 saturated carbocycles. The standard InChI is InChI=1S/C16H15BrO5/c1-15(17)5-7-8(6-16(15,2)22)14(21)12-10(19)4-3-9(18)11(12)13(7)20/h3-4,18-19,22H,5-6H2,1-2H3. The minimum Gasteiger partial charge on any atom is -0.507 e. The second-order valence-electron chi connectivity index (χ2n) is 6.29. The molecule has 0 heterocycles. The Morgan fingerprint density at radius 2 is 1.36 bits per heavy atom. The van der Waals surface area contributed by atoms with Crippen LogP contribution >= 0.6 is 15.9 Å². The summed E-state index contributed by atoms with van der Waals surface area (Å²) in [4.78, 5) is 25.3. The van der Waals surface area contributed by atoms with Crippen molar-refractivity contribution in [1.29, 1.82) is 0 Å². The lowest BCUT2D eigenvalue weighted by Crippen LogP contribution is -2.50. The number of benzene rings is 1. The van der Waals surface area contributed by atoms with Gasteiger partial charge >= 0.3 is 0 Å². The van der Waals surface area contributed by atoms with Crippen LogP contribution in [0.2, 0.25) is 0 Å². The molecule has 0 bridgehead atoms. The Morgan fingerprint density at radius 1 is 0.955 bits per heavy atom. The number of phenols is 2. The van der Waals surface area contributed by atoms with Crippen molar-refractivity contribution >= 4 is 27.5 Å². The first kappa shape index (κ1) is 15.2. The summed E-state index contributed by atoms with van der Waals surface area (Å²) in [6.07, 6.45) is 0.164. The second-order valence-corrected chi connectivity index (χ2v) is 8.04. The quantitative estimate of drug-likeness (QED) is 0.484. The number of fused-ring (bicyclic) bond motifs is 1. The zero-order valence-electron chi connectivity index (χ0n) is 12.1. The van der Waals surface area contributed by atoms with E-state index in [1.807, 2.05) is 0 Å². The van der Waals surface area contributed by atoms with E-state index in [1.165, 1.54) is 12.1 Å². The summed E-state index contributed by atoms with van der Waals surface area (Å²) >= 11 is 3.44. The number of hydrogen-bond acceptors (Lipinski definition) is 5. The fourth-order valence-electron chi connectivity index (χ4n) is 3.04. The average molecular weight is 367 g/mol. The van der Waals surface area contributed by atoms with Gasteiger partial charge in [0.1, 0.15) is 11.5 Å². The van der Waals surface area contributed by atoms with Crippen molar-refractivity contribution in [2.45, 2.75) is 36.6 Å². The van der Waals surface area contributed by atoms with Crippen molar-refractivity contribution in [2.75, 3.05) is 0 Å². The van der Waals surface area contributed by atoms with Gasteiger partial charge < -0.3 is 15.3 Å². The van der Waals surface area contributed by atoms with E-state index in [2.05, 4.69) is 15.9 Å². The van der Waals surface area contributed by atoms with Crippen molar-refractivity contribution in [2.24, 2.45) is 0 Å². The number of halogens is 1. The maximum Gasteiger partial charge on any atom is 0.194 e. The average Bonchev–Trinajstić information content (AvgIpc) is 2.40. The lowest BCUT2D eigenvalue weighted by Gasteiger charge is -2.44. The van der Waals surface area contributed by atoms with Gasteiger partial charge in [-0.15, -0.1) is 0 Å².